The fourth-order valence-corrected chi connectivity index (χ4v) is 7.36. The van der Waals surface area contributed by atoms with Crippen LogP contribution >= 0.6 is 46.4 Å². The van der Waals surface area contributed by atoms with Crippen LogP contribution in [-0.2, 0) is 22.6 Å². The van der Waals surface area contributed by atoms with Crippen molar-refractivity contribution in [3.05, 3.63) is 108 Å². The van der Waals surface area contributed by atoms with Crippen LogP contribution in [0.25, 0.3) is 38.7 Å². The number of ether oxygens (including phenoxy) is 4. The summed E-state index contributed by atoms with van der Waals surface area (Å²) in [5.41, 5.74) is 16.7. The molecule has 0 bridgehead atoms. The highest BCUT2D eigenvalue weighted by Gasteiger charge is 2.24. The number of nitrogens with one attached hydrogen (secondary N) is 1. The number of anilines is 1. The van der Waals surface area contributed by atoms with Crippen LogP contribution in [0.3, 0.4) is 0 Å². The van der Waals surface area contributed by atoms with Gasteiger partial charge in [-0.3, -0.25) is 14.0 Å². The van der Waals surface area contributed by atoms with Crippen LogP contribution < -0.4 is 30.0 Å². The molecule has 0 atom stereocenters. The molecular formula is C44H42Cl4N10O6. The summed E-state index contributed by atoms with van der Waals surface area (Å²) in [4.78, 5) is 43.5. The molecule has 3 N–H and O–H groups in total. The zero-order chi connectivity index (χ0) is 46.6. The number of aryl methyl sites for hydroxylation is 5. The van der Waals surface area contributed by atoms with E-state index >= 15 is 0 Å². The van der Waals surface area contributed by atoms with E-state index in [1.807, 2.05) is 75.4 Å². The number of hydrogen-bond donors (Lipinski definition) is 2. The first-order valence-electron chi connectivity index (χ1n) is 19.3. The van der Waals surface area contributed by atoms with E-state index < -0.39 is 11.7 Å². The first-order chi connectivity index (χ1) is 30.5. The fourth-order valence-electron chi connectivity index (χ4n) is 6.67. The molecule has 20 heteroatoms. The third-order valence-electron chi connectivity index (χ3n) is 9.93. The van der Waals surface area contributed by atoms with Crippen molar-refractivity contribution in [2.75, 3.05) is 33.8 Å². The van der Waals surface area contributed by atoms with E-state index in [0.717, 1.165) is 78.7 Å². The molecule has 0 radical (unpaired) electrons. The van der Waals surface area contributed by atoms with E-state index in [1.165, 1.54) is 0 Å². The number of nitrogens with zero attached hydrogens (tertiary/aromatic N) is 8. The smallest absolute Gasteiger partial charge is 0.292 e. The van der Waals surface area contributed by atoms with Crippen molar-refractivity contribution in [2.24, 2.45) is 5.73 Å². The number of methoxy groups -OCH3 is 4. The van der Waals surface area contributed by atoms with Crippen LogP contribution in [0.2, 0.25) is 20.6 Å². The lowest BCUT2D eigenvalue weighted by Crippen LogP contribution is -2.29. The minimum atomic E-state index is -0.535. The van der Waals surface area contributed by atoms with Crippen LogP contribution in [0, 0.1) is 34.6 Å². The maximum Gasteiger partial charge on any atom is 0.292 e. The molecule has 0 saturated heterocycles. The average Bonchev–Trinajstić information content (AvgIpc) is 3.66. The Labute approximate surface area is 387 Å². The highest BCUT2D eigenvalue weighted by Crippen LogP contribution is 2.31. The third kappa shape index (κ3) is 10.1. The minimum Gasteiger partial charge on any atom is -0.496 e. The number of fused-ring (bicyclic) bond motifs is 6. The van der Waals surface area contributed by atoms with Crippen molar-refractivity contribution in [3.8, 4) is 23.0 Å². The molecule has 332 valence electrons. The number of aromatic nitrogens is 8. The SMILES string of the molecule is COc1cc2c(cc1C)NC(=O)C(=O)C2.COc1cc2c(cc1C)nc(Cl)c1nnc(C)n12.COc1cc2nc(CN)c(Cl)nc2cc1C.COc1cc2nc(Cl)c(Cl)nc2cc1C. The standard InChI is InChI=1S/C12H11ClN4O.C11H12ClN3O.C11H11NO3.C10H8Cl2N2O/c1-6-4-8-9(5-10(6)18-3)17-7(2)15-16-12(17)11(13)14-8;1-6-3-7-8(4-10(6)16-2)14-9(5-13)11(12)15-7;1-6-3-8-7(5-10(6)15-2)4-9(13)11(14)12-8;1-5-3-6-7(4-8(5)15-2)14-10(12)9(11)13-6/h4-5H,1-3H3;3-4H,5,13H2,1-2H3;3,5H,4H2,1-2H3,(H,12,14);3-4H,1-2H3. The Morgan fingerprint density at radius 2 is 1.03 bits per heavy atom. The highest BCUT2D eigenvalue weighted by atomic mass is 35.5. The zero-order valence-corrected chi connectivity index (χ0v) is 39.2. The summed E-state index contributed by atoms with van der Waals surface area (Å²) in [5.74, 6) is 2.91. The number of amides is 1. The maximum absolute atomic E-state index is 11.2. The van der Waals surface area contributed by atoms with Crippen molar-refractivity contribution in [1.82, 2.24) is 39.5 Å². The monoisotopic (exact) mass is 946 g/mol. The predicted octanol–water partition coefficient (Wildman–Crippen LogP) is 8.94. The number of halogens is 4. The van der Waals surface area contributed by atoms with Gasteiger partial charge in [0.05, 0.1) is 67.2 Å². The molecule has 8 aromatic rings. The normalized spacial score (nSPS) is 11.8. The van der Waals surface area contributed by atoms with Gasteiger partial charge in [-0.25, -0.2) is 24.9 Å². The summed E-state index contributed by atoms with van der Waals surface area (Å²) in [6, 6.07) is 14.9. The van der Waals surface area contributed by atoms with Crippen molar-refractivity contribution in [1.29, 1.82) is 0 Å². The van der Waals surface area contributed by atoms with Gasteiger partial charge in [-0.05, 0) is 92.8 Å². The van der Waals surface area contributed by atoms with Gasteiger partial charge >= 0.3 is 0 Å². The Balaban J connectivity index is 0.000000142. The lowest BCUT2D eigenvalue weighted by Gasteiger charge is -2.17. The lowest BCUT2D eigenvalue weighted by molar-refractivity contribution is -0.134. The second-order valence-electron chi connectivity index (χ2n) is 14.2. The second kappa shape index (κ2) is 20.1. The quantitative estimate of drug-likeness (QED) is 0.155. The molecule has 9 rings (SSSR count). The van der Waals surface area contributed by atoms with E-state index in [-0.39, 0.29) is 23.3 Å². The van der Waals surface area contributed by atoms with Gasteiger partial charge in [0.15, 0.2) is 26.3 Å². The Kier molecular flexibility index (Phi) is 14.9. The number of carbonyl (C=O) groups is 2. The Morgan fingerprint density at radius 3 is 1.58 bits per heavy atom. The number of carbonyl (C=O) groups excluding carboxylic acids is 2. The highest BCUT2D eigenvalue weighted by molar-refractivity contribution is 6.42. The van der Waals surface area contributed by atoms with E-state index in [0.29, 0.717) is 38.4 Å². The van der Waals surface area contributed by atoms with E-state index in [4.69, 9.17) is 71.1 Å². The number of rotatable bonds is 5. The van der Waals surface area contributed by atoms with Crippen LogP contribution in [0.5, 0.6) is 23.0 Å². The van der Waals surface area contributed by atoms with Gasteiger partial charge in [0.1, 0.15) is 28.8 Å². The van der Waals surface area contributed by atoms with Gasteiger partial charge in [-0.1, -0.05) is 46.4 Å². The zero-order valence-electron chi connectivity index (χ0n) is 36.1. The first kappa shape index (κ1) is 47.3. The summed E-state index contributed by atoms with van der Waals surface area (Å²) in [6.45, 7) is 9.89. The van der Waals surface area contributed by atoms with Crippen LogP contribution in [0.1, 0.15) is 39.3 Å². The van der Waals surface area contributed by atoms with Crippen molar-refractivity contribution >= 4 is 103 Å². The Bertz CT molecular complexity index is 3070. The fraction of sp³-hybridized carbons (Fsp3) is 0.250. The summed E-state index contributed by atoms with van der Waals surface area (Å²) < 4.78 is 22.8. The van der Waals surface area contributed by atoms with Crippen LogP contribution in [0.15, 0.2) is 48.5 Å². The molecule has 0 saturated carbocycles. The molecule has 0 spiro atoms. The van der Waals surface area contributed by atoms with Crippen LogP contribution in [-0.4, -0.2) is 79.6 Å². The topological polar surface area (TPSA) is 204 Å². The first-order valence-corrected chi connectivity index (χ1v) is 20.8. The van der Waals surface area contributed by atoms with Gasteiger partial charge < -0.3 is 30.0 Å². The molecule has 1 aliphatic rings. The number of benzene rings is 4. The van der Waals surface area contributed by atoms with E-state index in [9.17, 15) is 9.59 Å². The maximum atomic E-state index is 11.2. The third-order valence-corrected chi connectivity index (χ3v) is 11.1. The molecule has 64 heavy (non-hydrogen) atoms. The number of hydrogen-bond acceptors (Lipinski definition) is 14. The molecule has 4 aromatic heterocycles. The van der Waals surface area contributed by atoms with Gasteiger partial charge in [0.2, 0.25) is 5.78 Å². The summed E-state index contributed by atoms with van der Waals surface area (Å²) in [7, 11) is 6.46. The number of nitrogens with two attached hydrogens (primary N) is 1. The van der Waals surface area contributed by atoms with E-state index in [2.05, 4.69) is 40.4 Å². The van der Waals surface area contributed by atoms with Gasteiger partial charge in [-0.15, -0.1) is 10.2 Å². The summed E-state index contributed by atoms with van der Waals surface area (Å²) in [5, 5.41) is 11.7. The van der Waals surface area contributed by atoms with Gasteiger partial charge in [-0.2, -0.15) is 0 Å². The molecule has 1 aliphatic heterocycles. The lowest BCUT2D eigenvalue weighted by atomic mass is 9.99. The van der Waals surface area contributed by atoms with Crippen molar-refractivity contribution in [2.45, 2.75) is 47.6 Å². The Hall–Kier alpha value is -6.17. The molecule has 16 nitrogen and oxygen atoms in total. The van der Waals surface area contributed by atoms with Gasteiger partial charge in [0, 0.05) is 36.9 Å². The molecule has 0 aliphatic carbocycles. The van der Waals surface area contributed by atoms with Crippen molar-refractivity contribution in [3.63, 3.8) is 0 Å². The molecule has 4 aromatic carbocycles. The molecule has 0 fully saturated rings. The Morgan fingerprint density at radius 1 is 0.578 bits per heavy atom. The second-order valence-corrected chi connectivity index (χ2v) is 15.7. The molecule has 5 heterocycles. The van der Waals surface area contributed by atoms with E-state index in [1.54, 1.807) is 40.6 Å². The molecule has 1 amide bonds. The molecular weight excluding hydrogens is 906 g/mol. The largest absolute Gasteiger partial charge is 0.496 e. The van der Waals surface area contributed by atoms with Gasteiger partial charge in [0.25, 0.3) is 5.91 Å². The predicted molar refractivity (Wildman–Crippen MR) is 249 cm³/mol. The van der Waals surface area contributed by atoms with Crippen LogP contribution in [0.4, 0.5) is 5.69 Å². The summed E-state index contributed by atoms with van der Waals surface area (Å²) >= 11 is 23.6. The average molecular weight is 949 g/mol. The number of Topliss-reactive ketones (excluding diaryl/α,β-unsaturated/α-hetero) is 1. The minimum absolute atomic E-state index is 0.151. The van der Waals surface area contributed by atoms with Crippen molar-refractivity contribution < 1.29 is 28.5 Å². The summed E-state index contributed by atoms with van der Waals surface area (Å²) in [6.07, 6.45) is 0.151. The molecule has 0 unspecified atom stereocenters. The number of ketones is 1.